The van der Waals surface area contributed by atoms with Crippen molar-refractivity contribution in [2.75, 3.05) is 13.7 Å². The first-order chi connectivity index (χ1) is 6.40. The van der Waals surface area contributed by atoms with Gasteiger partial charge in [0.2, 0.25) is 0 Å². The van der Waals surface area contributed by atoms with Gasteiger partial charge in [-0.3, -0.25) is 0 Å². The number of hydrogen-bond acceptors (Lipinski definition) is 1. The van der Waals surface area contributed by atoms with Gasteiger partial charge in [-0.25, -0.2) is 0 Å². The van der Waals surface area contributed by atoms with E-state index in [4.69, 9.17) is 4.74 Å². The highest BCUT2D eigenvalue weighted by molar-refractivity contribution is 4.83. The summed E-state index contributed by atoms with van der Waals surface area (Å²) in [6.45, 7) is 1.00. The van der Waals surface area contributed by atoms with Gasteiger partial charge in [0.05, 0.1) is 0 Å². The molecular formula is C12H22O. The second-order valence-electron chi connectivity index (χ2n) is 4.94. The molecule has 0 aromatic heterocycles. The Bertz CT molecular complexity index is 149. The molecule has 0 bridgehead atoms. The van der Waals surface area contributed by atoms with E-state index in [2.05, 4.69) is 0 Å². The molecule has 0 heterocycles. The zero-order valence-corrected chi connectivity index (χ0v) is 8.80. The summed E-state index contributed by atoms with van der Waals surface area (Å²) < 4.78 is 5.24. The Kier molecular flexibility index (Phi) is 3.26. The van der Waals surface area contributed by atoms with E-state index in [1.54, 1.807) is 0 Å². The molecule has 2 unspecified atom stereocenters. The molecular weight excluding hydrogens is 160 g/mol. The van der Waals surface area contributed by atoms with Crippen molar-refractivity contribution in [3.05, 3.63) is 0 Å². The summed E-state index contributed by atoms with van der Waals surface area (Å²) in [4.78, 5) is 0. The molecule has 2 fully saturated rings. The summed E-state index contributed by atoms with van der Waals surface area (Å²) in [6, 6.07) is 0. The van der Waals surface area contributed by atoms with Crippen molar-refractivity contribution in [2.24, 2.45) is 17.8 Å². The van der Waals surface area contributed by atoms with Crippen LogP contribution in [0.1, 0.15) is 44.9 Å². The molecule has 2 aliphatic rings. The van der Waals surface area contributed by atoms with Crippen LogP contribution in [0.5, 0.6) is 0 Å². The van der Waals surface area contributed by atoms with Gasteiger partial charge in [-0.15, -0.1) is 0 Å². The Balaban J connectivity index is 1.76. The van der Waals surface area contributed by atoms with Crippen molar-refractivity contribution < 1.29 is 4.74 Å². The Morgan fingerprint density at radius 3 is 2.46 bits per heavy atom. The fourth-order valence-electron chi connectivity index (χ4n) is 3.36. The first-order valence-corrected chi connectivity index (χ1v) is 5.89. The highest BCUT2D eigenvalue weighted by Crippen LogP contribution is 2.42. The van der Waals surface area contributed by atoms with Crippen LogP contribution in [0.3, 0.4) is 0 Å². The smallest absolute Gasteiger partial charge is 0.0490 e. The molecule has 13 heavy (non-hydrogen) atoms. The van der Waals surface area contributed by atoms with E-state index in [-0.39, 0.29) is 0 Å². The molecule has 2 rings (SSSR count). The van der Waals surface area contributed by atoms with Gasteiger partial charge in [0, 0.05) is 13.7 Å². The lowest BCUT2D eigenvalue weighted by Gasteiger charge is -2.17. The monoisotopic (exact) mass is 182 g/mol. The minimum Gasteiger partial charge on any atom is -0.384 e. The summed E-state index contributed by atoms with van der Waals surface area (Å²) in [5.41, 5.74) is 0. The quantitative estimate of drug-likeness (QED) is 0.651. The van der Waals surface area contributed by atoms with Gasteiger partial charge in [-0.1, -0.05) is 25.7 Å². The number of hydrogen-bond donors (Lipinski definition) is 0. The van der Waals surface area contributed by atoms with Crippen LogP contribution in [-0.2, 0) is 4.74 Å². The van der Waals surface area contributed by atoms with Crippen LogP contribution in [0.4, 0.5) is 0 Å². The molecule has 2 atom stereocenters. The van der Waals surface area contributed by atoms with Crippen molar-refractivity contribution in [2.45, 2.75) is 44.9 Å². The number of ether oxygens (including phenoxy) is 1. The van der Waals surface area contributed by atoms with Gasteiger partial charge in [0.15, 0.2) is 0 Å². The summed E-state index contributed by atoms with van der Waals surface area (Å²) in [5, 5.41) is 0. The molecule has 0 aliphatic heterocycles. The zero-order chi connectivity index (χ0) is 9.10. The SMILES string of the molecule is COCC1CCC(C2CCCC2)C1. The van der Waals surface area contributed by atoms with E-state index in [0.29, 0.717) is 0 Å². The lowest BCUT2D eigenvalue weighted by Crippen LogP contribution is -2.09. The van der Waals surface area contributed by atoms with E-state index < -0.39 is 0 Å². The van der Waals surface area contributed by atoms with E-state index in [9.17, 15) is 0 Å². The molecule has 0 spiro atoms. The Morgan fingerprint density at radius 1 is 1.00 bits per heavy atom. The topological polar surface area (TPSA) is 9.23 Å². The fourth-order valence-corrected chi connectivity index (χ4v) is 3.36. The molecule has 76 valence electrons. The third-order valence-corrected chi connectivity index (χ3v) is 4.05. The predicted molar refractivity (Wildman–Crippen MR) is 54.7 cm³/mol. The van der Waals surface area contributed by atoms with E-state index in [1.165, 1.54) is 44.9 Å². The molecule has 2 aliphatic carbocycles. The van der Waals surface area contributed by atoms with Gasteiger partial charge in [-0.05, 0) is 37.0 Å². The molecule has 0 amide bonds. The molecule has 0 aromatic rings. The lowest BCUT2D eigenvalue weighted by molar-refractivity contribution is 0.150. The largest absolute Gasteiger partial charge is 0.384 e. The summed E-state index contributed by atoms with van der Waals surface area (Å²) >= 11 is 0. The van der Waals surface area contributed by atoms with Crippen LogP contribution in [-0.4, -0.2) is 13.7 Å². The standard InChI is InChI=1S/C12H22O/c1-13-9-10-6-7-12(8-10)11-4-2-3-5-11/h10-12H,2-9H2,1H3. The molecule has 2 saturated carbocycles. The molecule has 0 saturated heterocycles. The molecule has 0 aromatic carbocycles. The van der Waals surface area contributed by atoms with Crippen LogP contribution < -0.4 is 0 Å². The molecule has 1 heteroatoms. The highest BCUT2D eigenvalue weighted by Gasteiger charge is 2.31. The fraction of sp³-hybridized carbons (Fsp3) is 1.00. The Morgan fingerprint density at radius 2 is 1.77 bits per heavy atom. The Hall–Kier alpha value is -0.0400. The predicted octanol–water partition coefficient (Wildman–Crippen LogP) is 3.24. The second-order valence-corrected chi connectivity index (χ2v) is 4.94. The average molecular weight is 182 g/mol. The van der Waals surface area contributed by atoms with Gasteiger partial charge in [-0.2, -0.15) is 0 Å². The van der Waals surface area contributed by atoms with Crippen LogP contribution in [0.15, 0.2) is 0 Å². The van der Waals surface area contributed by atoms with Crippen LogP contribution in [0, 0.1) is 17.8 Å². The van der Waals surface area contributed by atoms with Crippen molar-refractivity contribution in [3.63, 3.8) is 0 Å². The minimum absolute atomic E-state index is 0.885. The van der Waals surface area contributed by atoms with Crippen molar-refractivity contribution >= 4 is 0 Å². The summed E-state index contributed by atoms with van der Waals surface area (Å²) in [5.74, 6) is 3.03. The first-order valence-electron chi connectivity index (χ1n) is 5.89. The third-order valence-electron chi connectivity index (χ3n) is 4.05. The number of methoxy groups -OCH3 is 1. The van der Waals surface area contributed by atoms with Crippen molar-refractivity contribution in [1.82, 2.24) is 0 Å². The first kappa shape index (κ1) is 9.51. The maximum Gasteiger partial charge on any atom is 0.0490 e. The van der Waals surface area contributed by atoms with Gasteiger partial charge in [0.25, 0.3) is 0 Å². The maximum absolute atomic E-state index is 5.24. The summed E-state index contributed by atoms with van der Waals surface area (Å²) in [6.07, 6.45) is 10.4. The van der Waals surface area contributed by atoms with Crippen LogP contribution in [0.25, 0.3) is 0 Å². The third kappa shape index (κ3) is 2.25. The Labute approximate surface area is 81.9 Å². The summed E-state index contributed by atoms with van der Waals surface area (Å²) in [7, 11) is 1.84. The highest BCUT2D eigenvalue weighted by atomic mass is 16.5. The van der Waals surface area contributed by atoms with Crippen molar-refractivity contribution in [1.29, 1.82) is 0 Å². The zero-order valence-electron chi connectivity index (χ0n) is 8.80. The minimum atomic E-state index is 0.885. The lowest BCUT2D eigenvalue weighted by atomic mass is 9.89. The van der Waals surface area contributed by atoms with Crippen LogP contribution >= 0.6 is 0 Å². The normalized spacial score (nSPS) is 35.8. The van der Waals surface area contributed by atoms with Crippen LogP contribution in [0.2, 0.25) is 0 Å². The second kappa shape index (κ2) is 4.45. The average Bonchev–Trinajstić information content (AvgIpc) is 2.70. The van der Waals surface area contributed by atoms with Crippen molar-refractivity contribution in [3.8, 4) is 0 Å². The van der Waals surface area contributed by atoms with Gasteiger partial charge < -0.3 is 4.74 Å². The molecule has 0 N–H and O–H groups in total. The molecule has 0 radical (unpaired) electrons. The number of rotatable bonds is 3. The van der Waals surface area contributed by atoms with E-state index in [0.717, 1.165) is 24.4 Å². The maximum atomic E-state index is 5.24. The van der Waals surface area contributed by atoms with Gasteiger partial charge >= 0.3 is 0 Å². The van der Waals surface area contributed by atoms with Gasteiger partial charge in [0.1, 0.15) is 0 Å². The molecule has 1 nitrogen and oxygen atoms in total. The van der Waals surface area contributed by atoms with E-state index >= 15 is 0 Å². The van der Waals surface area contributed by atoms with E-state index in [1.807, 2.05) is 7.11 Å².